The first-order valence-electron chi connectivity index (χ1n) is 3.85. The van der Waals surface area contributed by atoms with Crippen LogP contribution in [0.25, 0.3) is 0 Å². The average molecular weight is 168 g/mol. The van der Waals surface area contributed by atoms with Gasteiger partial charge in [-0.2, -0.15) is 0 Å². The summed E-state index contributed by atoms with van der Waals surface area (Å²) in [6.45, 7) is 2.03. The third-order valence-electron chi connectivity index (χ3n) is 1.81. The molecule has 1 fully saturated rings. The summed E-state index contributed by atoms with van der Waals surface area (Å²) in [4.78, 5) is 12.6. The Morgan fingerprint density at radius 2 is 2.58 bits per heavy atom. The quantitative estimate of drug-likeness (QED) is 0.501. The summed E-state index contributed by atoms with van der Waals surface area (Å²) in [5.41, 5.74) is 5.39. The van der Waals surface area contributed by atoms with Crippen molar-refractivity contribution in [1.82, 2.24) is 4.90 Å². The first-order chi connectivity index (χ1) is 5.77. The largest absolute Gasteiger partial charge is 0.373 e. The van der Waals surface area contributed by atoms with E-state index in [2.05, 4.69) is 5.92 Å². The molecule has 1 aliphatic rings. The number of carbonyl (C=O) groups excluding carboxylic acids is 1. The van der Waals surface area contributed by atoms with E-state index in [1.54, 1.807) is 4.90 Å². The van der Waals surface area contributed by atoms with Crippen molar-refractivity contribution in [3.05, 3.63) is 0 Å². The van der Waals surface area contributed by atoms with Crippen LogP contribution in [0.4, 0.5) is 0 Å². The molecular weight excluding hydrogens is 156 g/mol. The fourth-order valence-corrected chi connectivity index (χ4v) is 1.14. The standard InChI is InChI=1S/C8H12N2O2/c1-2-8(11)10-3-4-12-7(5-9)6-10/h1,7H,3-6,9H2. The number of ether oxygens (including phenoxy) is 1. The minimum Gasteiger partial charge on any atom is -0.373 e. The van der Waals surface area contributed by atoms with E-state index in [0.717, 1.165) is 0 Å². The molecule has 0 aromatic heterocycles. The van der Waals surface area contributed by atoms with E-state index in [4.69, 9.17) is 16.9 Å². The van der Waals surface area contributed by atoms with Gasteiger partial charge in [-0.3, -0.25) is 4.79 Å². The molecule has 1 saturated heterocycles. The summed E-state index contributed by atoms with van der Waals surface area (Å²) in [5.74, 6) is 1.79. The van der Waals surface area contributed by atoms with E-state index in [1.807, 2.05) is 0 Å². The van der Waals surface area contributed by atoms with Crippen molar-refractivity contribution in [3.63, 3.8) is 0 Å². The molecular formula is C8H12N2O2. The number of rotatable bonds is 1. The Labute approximate surface area is 71.7 Å². The van der Waals surface area contributed by atoms with Gasteiger partial charge in [-0.15, -0.1) is 6.42 Å². The van der Waals surface area contributed by atoms with Gasteiger partial charge in [-0.1, -0.05) is 0 Å². The van der Waals surface area contributed by atoms with Crippen molar-refractivity contribution < 1.29 is 9.53 Å². The highest BCUT2D eigenvalue weighted by molar-refractivity contribution is 5.92. The van der Waals surface area contributed by atoms with Gasteiger partial charge in [-0.25, -0.2) is 0 Å². The molecule has 1 amide bonds. The smallest absolute Gasteiger partial charge is 0.298 e. The molecule has 0 saturated carbocycles. The van der Waals surface area contributed by atoms with Crippen LogP contribution in [-0.4, -0.2) is 43.2 Å². The molecule has 12 heavy (non-hydrogen) atoms. The van der Waals surface area contributed by atoms with Crippen LogP contribution < -0.4 is 5.73 Å². The van der Waals surface area contributed by atoms with E-state index in [-0.39, 0.29) is 12.0 Å². The minimum absolute atomic E-state index is 0.0592. The molecule has 4 heteroatoms. The average Bonchev–Trinajstić information content (AvgIpc) is 2.17. The van der Waals surface area contributed by atoms with Crippen molar-refractivity contribution in [1.29, 1.82) is 0 Å². The Balaban J connectivity index is 2.47. The lowest BCUT2D eigenvalue weighted by atomic mass is 10.2. The van der Waals surface area contributed by atoms with E-state index >= 15 is 0 Å². The number of terminal acetylenes is 1. The van der Waals surface area contributed by atoms with Gasteiger partial charge in [0.25, 0.3) is 5.91 Å². The maximum atomic E-state index is 11.0. The van der Waals surface area contributed by atoms with Gasteiger partial charge in [0.1, 0.15) is 0 Å². The topological polar surface area (TPSA) is 55.6 Å². The predicted octanol–water partition coefficient (Wildman–Crippen LogP) is -1.19. The van der Waals surface area contributed by atoms with Crippen LogP contribution in [0.1, 0.15) is 0 Å². The lowest BCUT2D eigenvalue weighted by Gasteiger charge is -2.30. The normalized spacial score (nSPS) is 23.3. The van der Waals surface area contributed by atoms with Crippen molar-refractivity contribution >= 4 is 5.91 Å². The highest BCUT2D eigenvalue weighted by Gasteiger charge is 2.21. The molecule has 1 atom stereocenters. The molecule has 66 valence electrons. The summed E-state index contributed by atoms with van der Waals surface area (Å²) < 4.78 is 5.26. The third kappa shape index (κ3) is 1.97. The second-order valence-electron chi connectivity index (χ2n) is 2.62. The zero-order chi connectivity index (χ0) is 8.97. The van der Waals surface area contributed by atoms with Crippen LogP contribution in [0, 0.1) is 12.3 Å². The number of morpholine rings is 1. The highest BCUT2D eigenvalue weighted by atomic mass is 16.5. The van der Waals surface area contributed by atoms with Gasteiger partial charge < -0.3 is 15.4 Å². The maximum absolute atomic E-state index is 11.0. The molecule has 0 spiro atoms. The Bertz CT molecular complexity index is 210. The molecule has 2 N–H and O–H groups in total. The van der Waals surface area contributed by atoms with Gasteiger partial charge in [0.2, 0.25) is 0 Å². The van der Waals surface area contributed by atoms with Crippen LogP contribution in [-0.2, 0) is 9.53 Å². The second-order valence-corrected chi connectivity index (χ2v) is 2.62. The first kappa shape index (κ1) is 9.04. The van der Waals surface area contributed by atoms with Crippen LogP contribution >= 0.6 is 0 Å². The maximum Gasteiger partial charge on any atom is 0.298 e. The summed E-state index contributed by atoms with van der Waals surface area (Å²) >= 11 is 0. The van der Waals surface area contributed by atoms with Crippen LogP contribution in [0.15, 0.2) is 0 Å². The van der Waals surface area contributed by atoms with Crippen molar-refractivity contribution in [2.45, 2.75) is 6.10 Å². The molecule has 0 aliphatic carbocycles. The summed E-state index contributed by atoms with van der Waals surface area (Å²) in [6, 6.07) is 0. The number of amides is 1. The zero-order valence-electron chi connectivity index (χ0n) is 6.82. The lowest BCUT2D eigenvalue weighted by molar-refractivity contribution is -0.132. The van der Waals surface area contributed by atoms with Crippen molar-refractivity contribution in [2.75, 3.05) is 26.2 Å². The molecule has 1 heterocycles. The Kier molecular flexibility index (Phi) is 3.09. The zero-order valence-corrected chi connectivity index (χ0v) is 6.82. The van der Waals surface area contributed by atoms with Crippen LogP contribution in [0.2, 0.25) is 0 Å². The first-order valence-corrected chi connectivity index (χ1v) is 3.85. The van der Waals surface area contributed by atoms with Gasteiger partial charge >= 0.3 is 0 Å². The second kappa shape index (κ2) is 4.10. The number of nitrogens with zero attached hydrogens (tertiary/aromatic N) is 1. The monoisotopic (exact) mass is 168 g/mol. The Morgan fingerprint density at radius 3 is 3.17 bits per heavy atom. The summed E-state index contributed by atoms with van der Waals surface area (Å²) in [7, 11) is 0. The predicted molar refractivity (Wildman–Crippen MR) is 44.2 cm³/mol. The molecule has 4 nitrogen and oxygen atoms in total. The number of hydrogen-bond donors (Lipinski definition) is 1. The van der Waals surface area contributed by atoms with E-state index in [0.29, 0.717) is 26.2 Å². The fourth-order valence-electron chi connectivity index (χ4n) is 1.14. The third-order valence-corrected chi connectivity index (χ3v) is 1.81. The molecule has 0 aromatic carbocycles. The molecule has 0 radical (unpaired) electrons. The van der Waals surface area contributed by atoms with Gasteiger partial charge in [0.15, 0.2) is 0 Å². The van der Waals surface area contributed by atoms with E-state index in [9.17, 15) is 4.79 Å². The lowest BCUT2D eigenvalue weighted by Crippen LogP contribution is -2.47. The van der Waals surface area contributed by atoms with Crippen molar-refractivity contribution in [2.24, 2.45) is 5.73 Å². The minimum atomic E-state index is -0.281. The number of hydrogen-bond acceptors (Lipinski definition) is 3. The summed E-state index contributed by atoms with van der Waals surface area (Å²) in [6.07, 6.45) is 4.92. The van der Waals surface area contributed by atoms with Gasteiger partial charge in [-0.05, 0) is 5.92 Å². The Hall–Kier alpha value is -1.05. The Morgan fingerprint density at radius 1 is 1.83 bits per heavy atom. The highest BCUT2D eigenvalue weighted by Crippen LogP contribution is 2.03. The molecule has 1 aliphatic heterocycles. The molecule has 0 bridgehead atoms. The fraction of sp³-hybridized carbons (Fsp3) is 0.625. The van der Waals surface area contributed by atoms with E-state index < -0.39 is 0 Å². The summed E-state index contributed by atoms with van der Waals surface area (Å²) in [5, 5.41) is 0. The number of nitrogens with two attached hydrogens (primary N) is 1. The van der Waals surface area contributed by atoms with Crippen LogP contribution in [0.5, 0.6) is 0 Å². The SMILES string of the molecule is C#CC(=O)N1CCOC(CN)C1. The van der Waals surface area contributed by atoms with Crippen molar-refractivity contribution in [3.8, 4) is 12.3 Å². The van der Waals surface area contributed by atoms with E-state index in [1.165, 1.54) is 0 Å². The molecule has 0 aromatic rings. The van der Waals surface area contributed by atoms with Gasteiger partial charge in [0.05, 0.1) is 12.7 Å². The molecule has 1 rings (SSSR count). The van der Waals surface area contributed by atoms with Gasteiger partial charge in [0, 0.05) is 19.6 Å². The number of carbonyl (C=O) groups is 1. The van der Waals surface area contributed by atoms with Crippen LogP contribution in [0.3, 0.4) is 0 Å². The molecule has 1 unspecified atom stereocenters.